The van der Waals surface area contributed by atoms with Crippen molar-refractivity contribution in [2.75, 3.05) is 0 Å². The monoisotopic (exact) mass is 202 g/mol. The molecule has 0 amide bonds. The van der Waals surface area contributed by atoms with E-state index >= 15 is 0 Å². The standard InChI is InChI=1S/C7H10O4.2Na/c1-3-5(7(10)11)4(2)6(8)9;;/h3H2,1-2H3,(H,8,9)(H,10,11);;/q;2*+1/p-2/b5-4-;;. The third-order valence-corrected chi connectivity index (χ3v) is 1.36. The van der Waals surface area contributed by atoms with E-state index in [1.807, 2.05) is 0 Å². The fourth-order valence-corrected chi connectivity index (χ4v) is 0.686. The molecule has 0 bridgehead atoms. The summed E-state index contributed by atoms with van der Waals surface area (Å²) in [6, 6.07) is 0. The number of aliphatic carboxylic acids is 2. The van der Waals surface area contributed by atoms with Gasteiger partial charge in [0.1, 0.15) is 0 Å². The summed E-state index contributed by atoms with van der Waals surface area (Å²) in [5.74, 6) is -2.92. The van der Waals surface area contributed by atoms with Gasteiger partial charge in [-0.1, -0.05) is 6.92 Å². The van der Waals surface area contributed by atoms with Crippen molar-refractivity contribution in [2.45, 2.75) is 20.3 Å². The second-order valence-electron chi connectivity index (χ2n) is 2.03. The molecule has 6 heteroatoms. The molecule has 62 valence electrons. The number of carboxylic acid groups (broad SMARTS) is 2. The Balaban J connectivity index is -0.000000500. The molecule has 0 aromatic rings. The smallest absolute Gasteiger partial charge is 0.545 e. The Morgan fingerprint density at radius 1 is 1.08 bits per heavy atom. The number of hydrogen-bond donors (Lipinski definition) is 0. The maximum atomic E-state index is 10.2. The molecular formula is C7H8Na2O4. The van der Waals surface area contributed by atoms with E-state index in [-0.39, 0.29) is 76.7 Å². The van der Waals surface area contributed by atoms with Crippen LogP contribution in [0, 0.1) is 0 Å². The van der Waals surface area contributed by atoms with Crippen molar-refractivity contribution in [1.29, 1.82) is 0 Å². The second kappa shape index (κ2) is 9.24. The fourth-order valence-electron chi connectivity index (χ4n) is 0.686. The van der Waals surface area contributed by atoms with Crippen molar-refractivity contribution in [2.24, 2.45) is 0 Å². The summed E-state index contributed by atoms with van der Waals surface area (Å²) in [5.41, 5.74) is -0.488. The van der Waals surface area contributed by atoms with E-state index in [2.05, 4.69) is 0 Å². The fraction of sp³-hybridized carbons (Fsp3) is 0.429. The van der Waals surface area contributed by atoms with Crippen LogP contribution in [0.4, 0.5) is 0 Å². The maximum absolute atomic E-state index is 10.2. The van der Waals surface area contributed by atoms with Gasteiger partial charge in [0.05, 0.1) is 11.9 Å². The quantitative estimate of drug-likeness (QED) is 0.336. The van der Waals surface area contributed by atoms with Crippen molar-refractivity contribution in [3.8, 4) is 0 Å². The summed E-state index contributed by atoms with van der Waals surface area (Å²) in [6.07, 6.45) is 0.127. The van der Waals surface area contributed by atoms with Crippen molar-refractivity contribution in [3.63, 3.8) is 0 Å². The predicted molar refractivity (Wildman–Crippen MR) is 33.0 cm³/mol. The van der Waals surface area contributed by atoms with Gasteiger partial charge < -0.3 is 19.8 Å². The van der Waals surface area contributed by atoms with Gasteiger partial charge in [-0.15, -0.1) is 0 Å². The predicted octanol–water partition coefficient (Wildman–Crippen LogP) is -7.78. The molecule has 0 saturated carbocycles. The van der Waals surface area contributed by atoms with Crippen LogP contribution >= 0.6 is 0 Å². The first-order chi connectivity index (χ1) is 5.00. The van der Waals surface area contributed by atoms with Gasteiger partial charge in [0.2, 0.25) is 0 Å². The third kappa shape index (κ3) is 6.71. The van der Waals surface area contributed by atoms with Crippen LogP contribution in [-0.4, -0.2) is 11.9 Å². The average molecular weight is 202 g/mol. The minimum absolute atomic E-state index is 0. The summed E-state index contributed by atoms with van der Waals surface area (Å²) in [5, 5.41) is 20.4. The Bertz CT molecular complexity index is 223. The van der Waals surface area contributed by atoms with Crippen molar-refractivity contribution in [3.05, 3.63) is 11.1 Å². The largest absolute Gasteiger partial charge is 1.00 e. The van der Waals surface area contributed by atoms with Crippen molar-refractivity contribution >= 4 is 11.9 Å². The van der Waals surface area contributed by atoms with E-state index in [0.717, 1.165) is 0 Å². The van der Waals surface area contributed by atoms with Gasteiger partial charge in [0.25, 0.3) is 0 Å². The summed E-state index contributed by atoms with van der Waals surface area (Å²) in [6.45, 7) is 2.72. The van der Waals surface area contributed by atoms with Gasteiger partial charge in [0, 0.05) is 0 Å². The zero-order chi connectivity index (χ0) is 9.02. The van der Waals surface area contributed by atoms with Gasteiger partial charge in [0.15, 0.2) is 0 Å². The molecule has 13 heavy (non-hydrogen) atoms. The van der Waals surface area contributed by atoms with Crippen LogP contribution < -0.4 is 69.3 Å². The van der Waals surface area contributed by atoms with Crippen LogP contribution in [0.15, 0.2) is 11.1 Å². The summed E-state index contributed by atoms with van der Waals surface area (Å²) >= 11 is 0. The van der Waals surface area contributed by atoms with Gasteiger partial charge in [-0.25, -0.2) is 0 Å². The average Bonchev–Trinajstić information content (AvgIpc) is 1.88. The van der Waals surface area contributed by atoms with Gasteiger partial charge in [-0.2, -0.15) is 0 Å². The molecule has 0 saturated heterocycles. The zero-order valence-electron chi connectivity index (χ0n) is 8.34. The van der Waals surface area contributed by atoms with Crippen LogP contribution in [0.5, 0.6) is 0 Å². The summed E-state index contributed by atoms with van der Waals surface area (Å²) in [7, 11) is 0. The first-order valence-corrected chi connectivity index (χ1v) is 3.13. The molecule has 0 aliphatic carbocycles. The minimum atomic E-state index is -1.47. The maximum Gasteiger partial charge on any atom is 1.00 e. The van der Waals surface area contributed by atoms with Crippen LogP contribution in [0.2, 0.25) is 0 Å². The Kier molecular flexibility index (Phi) is 13.7. The van der Waals surface area contributed by atoms with Crippen molar-refractivity contribution < 1.29 is 78.9 Å². The van der Waals surface area contributed by atoms with Gasteiger partial charge >= 0.3 is 59.1 Å². The van der Waals surface area contributed by atoms with Crippen LogP contribution in [0.25, 0.3) is 0 Å². The molecule has 0 aromatic carbocycles. The van der Waals surface area contributed by atoms with E-state index in [4.69, 9.17) is 0 Å². The minimum Gasteiger partial charge on any atom is -0.545 e. The third-order valence-electron chi connectivity index (χ3n) is 1.36. The summed E-state index contributed by atoms with van der Waals surface area (Å²) < 4.78 is 0. The molecular weight excluding hydrogens is 194 g/mol. The summed E-state index contributed by atoms with van der Waals surface area (Å²) in [4.78, 5) is 20.4. The van der Waals surface area contributed by atoms with E-state index < -0.39 is 11.9 Å². The molecule has 0 aliphatic heterocycles. The molecule has 0 N–H and O–H groups in total. The number of hydrogen-bond acceptors (Lipinski definition) is 4. The van der Waals surface area contributed by atoms with Crippen molar-refractivity contribution in [1.82, 2.24) is 0 Å². The van der Waals surface area contributed by atoms with E-state index in [9.17, 15) is 19.8 Å². The molecule has 0 aromatic heterocycles. The number of carbonyl (C=O) groups excluding carboxylic acids is 2. The molecule has 0 heterocycles. The van der Waals surface area contributed by atoms with Crippen LogP contribution in [0.3, 0.4) is 0 Å². The molecule has 0 aliphatic rings. The Hall–Kier alpha value is 0.680. The van der Waals surface area contributed by atoms with E-state index in [0.29, 0.717) is 0 Å². The second-order valence-corrected chi connectivity index (χ2v) is 2.03. The SMILES string of the molecule is CC/C(C(=O)[O-])=C(\C)C(=O)[O-].[Na+].[Na+]. The van der Waals surface area contributed by atoms with Crippen LogP contribution in [0.1, 0.15) is 20.3 Å². The number of carbonyl (C=O) groups is 2. The van der Waals surface area contributed by atoms with Crippen LogP contribution in [-0.2, 0) is 9.59 Å². The number of rotatable bonds is 3. The first-order valence-electron chi connectivity index (χ1n) is 3.13. The van der Waals surface area contributed by atoms with E-state index in [1.165, 1.54) is 13.8 Å². The number of carboxylic acids is 2. The molecule has 0 fully saturated rings. The molecule has 0 radical (unpaired) electrons. The van der Waals surface area contributed by atoms with Gasteiger partial charge in [-0.05, 0) is 24.5 Å². The Morgan fingerprint density at radius 3 is 1.54 bits per heavy atom. The molecule has 0 spiro atoms. The zero-order valence-corrected chi connectivity index (χ0v) is 12.3. The molecule has 0 rings (SSSR count). The molecule has 0 unspecified atom stereocenters. The van der Waals surface area contributed by atoms with Gasteiger partial charge in [-0.3, -0.25) is 0 Å². The Labute approximate surface area is 121 Å². The first kappa shape index (κ1) is 19.3. The van der Waals surface area contributed by atoms with E-state index in [1.54, 1.807) is 0 Å². The Morgan fingerprint density at radius 2 is 1.46 bits per heavy atom. The topological polar surface area (TPSA) is 80.3 Å². The molecule has 0 atom stereocenters. The normalized spacial score (nSPS) is 10.3. The molecule has 4 nitrogen and oxygen atoms in total.